The zero-order chi connectivity index (χ0) is 14.1. The van der Waals surface area contributed by atoms with Crippen LogP contribution in [0.5, 0.6) is 0 Å². The van der Waals surface area contributed by atoms with Crippen LogP contribution >= 0.6 is 0 Å². The highest BCUT2D eigenvalue weighted by Gasteiger charge is 2.29. The second kappa shape index (κ2) is 8.28. The number of nitrogens with zero attached hydrogens (tertiary/aromatic N) is 2. The van der Waals surface area contributed by atoms with Gasteiger partial charge >= 0.3 is 0 Å². The van der Waals surface area contributed by atoms with Gasteiger partial charge in [-0.15, -0.1) is 0 Å². The Balaban J connectivity index is 2.68. The van der Waals surface area contributed by atoms with E-state index in [0.29, 0.717) is 6.54 Å². The van der Waals surface area contributed by atoms with Gasteiger partial charge < -0.3 is 5.73 Å². The lowest BCUT2D eigenvalue weighted by molar-refractivity contribution is 0.0951. The van der Waals surface area contributed by atoms with Gasteiger partial charge in [0.1, 0.15) is 0 Å². The van der Waals surface area contributed by atoms with Crippen molar-refractivity contribution in [1.82, 2.24) is 9.88 Å². The van der Waals surface area contributed by atoms with Gasteiger partial charge in [0.25, 0.3) is 0 Å². The van der Waals surface area contributed by atoms with Gasteiger partial charge in [-0.3, -0.25) is 9.88 Å². The number of likely N-dealkylation sites (N-methyl/N-ethyl adjacent to an activating group) is 1. The molecule has 1 aromatic rings. The number of rotatable bonds is 9. The molecule has 0 radical (unpaired) electrons. The lowest BCUT2D eigenvalue weighted by Gasteiger charge is -2.40. The Morgan fingerprint density at radius 1 is 1.26 bits per heavy atom. The lowest BCUT2D eigenvalue weighted by Crippen LogP contribution is -2.51. The van der Waals surface area contributed by atoms with E-state index >= 15 is 0 Å². The highest BCUT2D eigenvalue weighted by atomic mass is 15.2. The maximum Gasteiger partial charge on any atom is 0.0544 e. The summed E-state index contributed by atoms with van der Waals surface area (Å²) in [6, 6.07) is 6.10. The van der Waals surface area contributed by atoms with Crippen molar-refractivity contribution in [1.29, 1.82) is 0 Å². The Morgan fingerprint density at radius 2 is 2.05 bits per heavy atom. The molecule has 3 heteroatoms. The van der Waals surface area contributed by atoms with Crippen LogP contribution in [0.4, 0.5) is 0 Å². The molecule has 0 spiro atoms. The standard InChI is InChI=1S/C16H29N3/c1-4-6-8-11-16(3,14-17)19(5-2)13-15-10-7-9-12-18-15/h7,9-10,12H,4-6,8,11,13-14,17H2,1-3H3. The highest BCUT2D eigenvalue weighted by Crippen LogP contribution is 2.23. The topological polar surface area (TPSA) is 42.1 Å². The Kier molecular flexibility index (Phi) is 7.03. The number of pyridine rings is 1. The van der Waals surface area contributed by atoms with E-state index in [1.165, 1.54) is 19.3 Å². The molecule has 0 saturated heterocycles. The SMILES string of the molecule is CCCCCC(C)(CN)N(CC)Cc1ccccn1. The van der Waals surface area contributed by atoms with Crippen molar-refractivity contribution < 1.29 is 0 Å². The maximum absolute atomic E-state index is 6.06. The molecule has 0 aromatic carbocycles. The highest BCUT2D eigenvalue weighted by molar-refractivity contribution is 5.04. The molecular formula is C16H29N3. The zero-order valence-electron chi connectivity index (χ0n) is 12.7. The summed E-state index contributed by atoms with van der Waals surface area (Å²) >= 11 is 0. The minimum Gasteiger partial charge on any atom is -0.329 e. The third-order valence-corrected chi connectivity index (χ3v) is 3.98. The van der Waals surface area contributed by atoms with Crippen LogP contribution < -0.4 is 5.73 Å². The first kappa shape index (κ1) is 16.1. The largest absolute Gasteiger partial charge is 0.329 e. The maximum atomic E-state index is 6.06. The van der Waals surface area contributed by atoms with Crippen molar-refractivity contribution in [3.05, 3.63) is 30.1 Å². The summed E-state index contributed by atoms with van der Waals surface area (Å²) in [7, 11) is 0. The van der Waals surface area contributed by atoms with Gasteiger partial charge in [-0.25, -0.2) is 0 Å². The van der Waals surface area contributed by atoms with E-state index in [4.69, 9.17) is 5.73 Å². The average molecular weight is 263 g/mol. The Morgan fingerprint density at radius 3 is 2.58 bits per heavy atom. The summed E-state index contributed by atoms with van der Waals surface area (Å²) < 4.78 is 0. The molecule has 1 heterocycles. The number of hydrogen-bond acceptors (Lipinski definition) is 3. The Labute approximate surface area is 118 Å². The first-order chi connectivity index (χ1) is 9.16. The van der Waals surface area contributed by atoms with E-state index in [1.54, 1.807) is 0 Å². The molecule has 2 N–H and O–H groups in total. The molecule has 0 saturated carbocycles. The number of nitrogens with two attached hydrogens (primary N) is 1. The first-order valence-corrected chi connectivity index (χ1v) is 7.51. The first-order valence-electron chi connectivity index (χ1n) is 7.51. The van der Waals surface area contributed by atoms with Gasteiger partial charge in [-0.2, -0.15) is 0 Å². The van der Waals surface area contributed by atoms with Crippen molar-refractivity contribution in [3.8, 4) is 0 Å². The molecule has 1 atom stereocenters. The molecule has 0 bridgehead atoms. The fraction of sp³-hybridized carbons (Fsp3) is 0.688. The third-order valence-electron chi connectivity index (χ3n) is 3.98. The van der Waals surface area contributed by atoms with Crippen molar-refractivity contribution in [3.63, 3.8) is 0 Å². The predicted octanol–water partition coefficient (Wildman–Crippen LogP) is 3.20. The predicted molar refractivity (Wildman–Crippen MR) is 81.9 cm³/mol. The molecule has 19 heavy (non-hydrogen) atoms. The van der Waals surface area contributed by atoms with Crippen molar-refractivity contribution in [2.45, 2.75) is 58.5 Å². The van der Waals surface area contributed by atoms with Gasteiger partial charge in [0.2, 0.25) is 0 Å². The van der Waals surface area contributed by atoms with Crippen LogP contribution in [0.2, 0.25) is 0 Å². The van der Waals surface area contributed by atoms with E-state index in [1.807, 2.05) is 18.3 Å². The molecule has 1 aromatic heterocycles. The third kappa shape index (κ3) is 4.92. The van der Waals surface area contributed by atoms with Crippen LogP contribution in [0.3, 0.4) is 0 Å². The molecule has 0 fully saturated rings. The van der Waals surface area contributed by atoms with Crippen LogP contribution in [0.15, 0.2) is 24.4 Å². The Bertz CT molecular complexity index is 339. The molecule has 108 valence electrons. The summed E-state index contributed by atoms with van der Waals surface area (Å²) in [5.74, 6) is 0. The quantitative estimate of drug-likeness (QED) is 0.696. The summed E-state index contributed by atoms with van der Waals surface area (Å²) in [6.07, 6.45) is 6.82. The van der Waals surface area contributed by atoms with Gasteiger partial charge in [0.15, 0.2) is 0 Å². The van der Waals surface area contributed by atoms with Crippen LogP contribution in [0.25, 0.3) is 0 Å². The molecule has 0 aliphatic rings. The lowest BCUT2D eigenvalue weighted by atomic mass is 9.92. The molecular weight excluding hydrogens is 234 g/mol. The van der Waals surface area contributed by atoms with Gasteiger partial charge in [0.05, 0.1) is 5.69 Å². The van der Waals surface area contributed by atoms with Crippen molar-refractivity contribution in [2.24, 2.45) is 5.73 Å². The van der Waals surface area contributed by atoms with Crippen LogP contribution in [-0.2, 0) is 6.54 Å². The second-order valence-electron chi connectivity index (χ2n) is 5.49. The second-order valence-corrected chi connectivity index (χ2v) is 5.49. The van der Waals surface area contributed by atoms with E-state index in [9.17, 15) is 0 Å². The summed E-state index contributed by atoms with van der Waals surface area (Å²) in [6.45, 7) is 9.34. The minimum atomic E-state index is 0.0848. The normalized spacial score (nSPS) is 14.6. The van der Waals surface area contributed by atoms with Crippen LogP contribution in [-0.4, -0.2) is 28.5 Å². The number of hydrogen-bond donors (Lipinski definition) is 1. The van der Waals surface area contributed by atoms with E-state index < -0.39 is 0 Å². The fourth-order valence-corrected chi connectivity index (χ4v) is 2.52. The molecule has 0 aliphatic carbocycles. The summed E-state index contributed by atoms with van der Waals surface area (Å²) in [4.78, 5) is 6.89. The average Bonchev–Trinajstić information content (AvgIpc) is 2.46. The molecule has 3 nitrogen and oxygen atoms in total. The van der Waals surface area contributed by atoms with Gasteiger partial charge in [-0.1, -0.05) is 39.2 Å². The Hall–Kier alpha value is -0.930. The smallest absolute Gasteiger partial charge is 0.0544 e. The zero-order valence-corrected chi connectivity index (χ0v) is 12.7. The van der Waals surface area contributed by atoms with Gasteiger partial charge in [0, 0.05) is 24.8 Å². The van der Waals surface area contributed by atoms with Crippen molar-refractivity contribution >= 4 is 0 Å². The minimum absolute atomic E-state index is 0.0848. The van der Waals surface area contributed by atoms with Crippen LogP contribution in [0.1, 0.15) is 52.1 Å². The van der Waals surface area contributed by atoms with E-state index in [2.05, 4.69) is 36.7 Å². The van der Waals surface area contributed by atoms with Crippen LogP contribution in [0, 0.1) is 0 Å². The monoisotopic (exact) mass is 263 g/mol. The van der Waals surface area contributed by atoms with E-state index in [0.717, 1.165) is 25.2 Å². The number of aromatic nitrogens is 1. The summed E-state index contributed by atoms with van der Waals surface area (Å²) in [5.41, 5.74) is 7.27. The van der Waals surface area contributed by atoms with Crippen molar-refractivity contribution in [2.75, 3.05) is 13.1 Å². The number of unbranched alkanes of at least 4 members (excludes halogenated alkanes) is 2. The molecule has 0 aliphatic heterocycles. The molecule has 1 rings (SSSR count). The van der Waals surface area contributed by atoms with E-state index in [-0.39, 0.29) is 5.54 Å². The van der Waals surface area contributed by atoms with Gasteiger partial charge in [-0.05, 0) is 32.0 Å². The molecule has 1 unspecified atom stereocenters. The fourth-order valence-electron chi connectivity index (χ4n) is 2.52. The molecule has 0 amide bonds. The summed E-state index contributed by atoms with van der Waals surface area (Å²) in [5, 5.41) is 0.